The summed E-state index contributed by atoms with van der Waals surface area (Å²) in [6, 6.07) is 10.1. The molecule has 1 aliphatic rings. The molecule has 0 spiro atoms. The summed E-state index contributed by atoms with van der Waals surface area (Å²) >= 11 is 5.90. The van der Waals surface area contributed by atoms with Gasteiger partial charge in [-0.1, -0.05) is 11.6 Å². The van der Waals surface area contributed by atoms with Gasteiger partial charge < -0.3 is 19.5 Å². The van der Waals surface area contributed by atoms with Gasteiger partial charge in [-0.3, -0.25) is 9.88 Å². The summed E-state index contributed by atoms with van der Waals surface area (Å²) < 4.78 is 30.4. The monoisotopic (exact) mass is 445 g/mol. The maximum Gasteiger partial charge on any atom is 0.163 e. The van der Waals surface area contributed by atoms with Crippen molar-refractivity contribution in [1.82, 2.24) is 9.88 Å². The fourth-order valence-corrected chi connectivity index (χ4v) is 3.74. The number of benzene rings is 2. The fraction of sp³-hybridized carbons (Fsp3) is 0.348. The highest BCUT2D eigenvalue weighted by Crippen LogP contribution is 2.36. The highest BCUT2D eigenvalue weighted by molar-refractivity contribution is 6.31. The summed E-state index contributed by atoms with van der Waals surface area (Å²) in [6.07, 6.45) is 2.63. The van der Waals surface area contributed by atoms with E-state index in [1.807, 2.05) is 18.2 Å². The molecular formula is C23H25ClFN3O3. The molecule has 0 saturated carbocycles. The number of halogens is 2. The van der Waals surface area contributed by atoms with E-state index in [1.165, 1.54) is 6.07 Å². The van der Waals surface area contributed by atoms with Gasteiger partial charge in [0.15, 0.2) is 11.5 Å². The van der Waals surface area contributed by atoms with Crippen molar-refractivity contribution in [2.45, 2.75) is 6.42 Å². The molecule has 8 heteroatoms. The van der Waals surface area contributed by atoms with Crippen molar-refractivity contribution in [3.05, 3.63) is 53.4 Å². The van der Waals surface area contributed by atoms with Gasteiger partial charge in [-0.05, 0) is 36.8 Å². The molecule has 1 aromatic heterocycles. The van der Waals surface area contributed by atoms with Crippen LogP contribution in [0.1, 0.15) is 6.42 Å². The van der Waals surface area contributed by atoms with E-state index in [1.54, 1.807) is 25.4 Å². The summed E-state index contributed by atoms with van der Waals surface area (Å²) in [7, 11) is 1.62. The molecule has 0 unspecified atom stereocenters. The molecule has 0 radical (unpaired) electrons. The van der Waals surface area contributed by atoms with Gasteiger partial charge in [0.1, 0.15) is 5.82 Å². The molecule has 3 aromatic rings. The average Bonchev–Trinajstić information content (AvgIpc) is 2.79. The molecular weight excluding hydrogens is 421 g/mol. The zero-order valence-electron chi connectivity index (χ0n) is 17.4. The molecule has 1 N–H and O–H groups in total. The molecule has 2 heterocycles. The number of fused-ring (bicyclic) bond motifs is 1. The first kappa shape index (κ1) is 21.6. The zero-order valence-corrected chi connectivity index (χ0v) is 18.1. The maximum absolute atomic E-state index is 13.5. The van der Waals surface area contributed by atoms with Crippen LogP contribution in [-0.4, -0.2) is 56.4 Å². The van der Waals surface area contributed by atoms with Crippen LogP contribution in [0.3, 0.4) is 0 Å². The number of pyridine rings is 1. The number of anilines is 2. The number of rotatable bonds is 8. The van der Waals surface area contributed by atoms with Crippen LogP contribution in [0.4, 0.5) is 15.8 Å². The van der Waals surface area contributed by atoms with Crippen molar-refractivity contribution in [3.63, 3.8) is 0 Å². The highest BCUT2D eigenvalue weighted by atomic mass is 35.5. The van der Waals surface area contributed by atoms with Crippen LogP contribution in [0, 0.1) is 5.82 Å². The van der Waals surface area contributed by atoms with Crippen LogP contribution in [-0.2, 0) is 4.74 Å². The first-order valence-corrected chi connectivity index (χ1v) is 10.6. The van der Waals surface area contributed by atoms with E-state index in [-0.39, 0.29) is 5.02 Å². The molecule has 0 aliphatic carbocycles. The van der Waals surface area contributed by atoms with Crippen molar-refractivity contribution in [3.8, 4) is 11.5 Å². The van der Waals surface area contributed by atoms with Gasteiger partial charge in [-0.25, -0.2) is 4.39 Å². The predicted octanol–water partition coefficient (Wildman–Crippen LogP) is 4.88. The van der Waals surface area contributed by atoms with E-state index >= 15 is 0 Å². The minimum atomic E-state index is -0.455. The van der Waals surface area contributed by atoms with E-state index in [4.69, 9.17) is 25.8 Å². The largest absolute Gasteiger partial charge is 0.493 e. The molecule has 4 rings (SSSR count). The molecule has 0 bridgehead atoms. The summed E-state index contributed by atoms with van der Waals surface area (Å²) in [5.74, 6) is 0.836. The van der Waals surface area contributed by atoms with Crippen LogP contribution >= 0.6 is 11.6 Å². The number of nitrogens with zero attached hydrogens (tertiary/aromatic N) is 2. The lowest BCUT2D eigenvalue weighted by molar-refractivity contribution is 0.0357. The number of aromatic nitrogens is 1. The molecule has 164 valence electrons. The lowest BCUT2D eigenvalue weighted by Crippen LogP contribution is -2.37. The quantitative estimate of drug-likeness (QED) is 0.499. The highest BCUT2D eigenvalue weighted by Gasteiger charge is 2.13. The third kappa shape index (κ3) is 5.36. The lowest BCUT2D eigenvalue weighted by Gasteiger charge is -2.26. The van der Waals surface area contributed by atoms with Crippen LogP contribution in [0.5, 0.6) is 11.5 Å². The summed E-state index contributed by atoms with van der Waals surface area (Å²) in [5, 5.41) is 4.20. The van der Waals surface area contributed by atoms with E-state index in [0.29, 0.717) is 23.8 Å². The predicted molar refractivity (Wildman–Crippen MR) is 120 cm³/mol. The lowest BCUT2D eigenvalue weighted by atomic mass is 10.1. The fourth-order valence-electron chi connectivity index (χ4n) is 3.56. The molecule has 1 aliphatic heterocycles. The second kappa shape index (κ2) is 10.1. The van der Waals surface area contributed by atoms with Gasteiger partial charge in [0.25, 0.3) is 0 Å². The first-order chi connectivity index (χ1) is 15.1. The Morgan fingerprint density at radius 1 is 1.16 bits per heavy atom. The Morgan fingerprint density at radius 3 is 2.77 bits per heavy atom. The van der Waals surface area contributed by atoms with Crippen LogP contribution in [0.25, 0.3) is 10.9 Å². The van der Waals surface area contributed by atoms with Crippen molar-refractivity contribution in [2.24, 2.45) is 0 Å². The zero-order chi connectivity index (χ0) is 21.6. The average molecular weight is 446 g/mol. The normalized spacial score (nSPS) is 14.5. The summed E-state index contributed by atoms with van der Waals surface area (Å²) in [4.78, 5) is 6.85. The van der Waals surface area contributed by atoms with Gasteiger partial charge in [0.2, 0.25) is 0 Å². The van der Waals surface area contributed by atoms with Crippen molar-refractivity contribution >= 4 is 33.9 Å². The number of nitrogens with one attached hydrogen (secondary N) is 1. The Morgan fingerprint density at radius 2 is 2.00 bits per heavy atom. The SMILES string of the molecule is COc1cc2c(Nc3ccc(F)c(Cl)c3)ccnc2cc1OCCCN1CCOCC1. The summed E-state index contributed by atoms with van der Waals surface area (Å²) in [6.45, 7) is 5.10. The van der Waals surface area contributed by atoms with E-state index in [9.17, 15) is 4.39 Å². The van der Waals surface area contributed by atoms with Crippen molar-refractivity contribution in [1.29, 1.82) is 0 Å². The molecule has 31 heavy (non-hydrogen) atoms. The molecule has 6 nitrogen and oxygen atoms in total. The second-order valence-corrected chi connectivity index (χ2v) is 7.70. The third-order valence-electron chi connectivity index (χ3n) is 5.21. The Kier molecular flexibility index (Phi) is 7.06. The van der Waals surface area contributed by atoms with E-state index in [2.05, 4.69) is 15.2 Å². The Balaban J connectivity index is 1.48. The third-order valence-corrected chi connectivity index (χ3v) is 5.50. The molecule has 2 aromatic carbocycles. The van der Waals surface area contributed by atoms with Crippen molar-refractivity contribution < 1.29 is 18.6 Å². The minimum Gasteiger partial charge on any atom is -0.493 e. The second-order valence-electron chi connectivity index (χ2n) is 7.29. The molecule has 1 saturated heterocycles. The molecule has 0 atom stereocenters. The van der Waals surface area contributed by atoms with Crippen LogP contribution < -0.4 is 14.8 Å². The van der Waals surface area contributed by atoms with Gasteiger partial charge >= 0.3 is 0 Å². The maximum atomic E-state index is 13.5. The number of methoxy groups -OCH3 is 1. The molecule has 0 amide bonds. The van der Waals surface area contributed by atoms with Crippen LogP contribution in [0.2, 0.25) is 5.02 Å². The minimum absolute atomic E-state index is 0.0636. The number of morpholine rings is 1. The van der Waals surface area contributed by atoms with Gasteiger partial charge in [0.05, 0.1) is 37.5 Å². The van der Waals surface area contributed by atoms with E-state index in [0.717, 1.165) is 55.9 Å². The Bertz CT molecular complexity index is 1040. The smallest absolute Gasteiger partial charge is 0.163 e. The number of hydrogen-bond donors (Lipinski definition) is 1. The van der Waals surface area contributed by atoms with Crippen LogP contribution in [0.15, 0.2) is 42.6 Å². The standard InChI is InChI=1S/C23H25ClFN3O3/c1-29-22-14-17-20(27-16-3-4-19(25)18(24)13-16)5-6-26-21(17)15-23(22)31-10-2-7-28-8-11-30-12-9-28/h3-6,13-15H,2,7-12H2,1H3,(H,26,27). The Labute approximate surface area is 185 Å². The van der Waals surface area contributed by atoms with Gasteiger partial charge in [-0.15, -0.1) is 0 Å². The summed E-state index contributed by atoms with van der Waals surface area (Å²) in [5.41, 5.74) is 2.26. The first-order valence-electron chi connectivity index (χ1n) is 10.3. The van der Waals surface area contributed by atoms with Crippen molar-refractivity contribution in [2.75, 3.05) is 51.9 Å². The van der Waals surface area contributed by atoms with Gasteiger partial charge in [0, 0.05) is 48.7 Å². The molecule has 1 fully saturated rings. The van der Waals surface area contributed by atoms with E-state index < -0.39 is 5.82 Å². The topological polar surface area (TPSA) is 55.8 Å². The number of ether oxygens (including phenoxy) is 3. The number of hydrogen-bond acceptors (Lipinski definition) is 6. The Hall–Kier alpha value is -2.61. The van der Waals surface area contributed by atoms with Gasteiger partial charge in [-0.2, -0.15) is 0 Å².